The number of hydrogen-bond donors (Lipinski definition) is 0. The first-order chi connectivity index (χ1) is 11.8. The van der Waals surface area contributed by atoms with Crippen LogP contribution in [0.15, 0.2) is 38.3 Å². The van der Waals surface area contributed by atoms with E-state index in [1.54, 1.807) is 0 Å². The van der Waals surface area contributed by atoms with E-state index in [1.807, 2.05) is 0 Å². The summed E-state index contributed by atoms with van der Waals surface area (Å²) in [5, 5.41) is 0. The number of nitrogens with zero attached hydrogens (tertiary/aromatic N) is 4. The quantitative estimate of drug-likeness (QED) is 0.532. The van der Waals surface area contributed by atoms with E-state index in [9.17, 15) is 14.4 Å². The van der Waals surface area contributed by atoms with Gasteiger partial charge in [0.15, 0.2) is 0 Å². The van der Waals surface area contributed by atoms with Crippen LogP contribution in [0, 0.1) is 0 Å². The molecule has 3 amide bonds. The fraction of sp³-hybridized carbons (Fsp3) is 0.500. The van der Waals surface area contributed by atoms with Crippen molar-refractivity contribution < 1.29 is 14.4 Å². The molecule has 140 valence electrons. The van der Waals surface area contributed by atoms with E-state index in [0.29, 0.717) is 39.3 Å². The number of rotatable bonds is 12. The van der Waals surface area contributed by atoms with Gasteiger partial charge in [-0.1, -0.05) is 19.7 Å². The largest absolute Gasteiger partial charge is 0.319 e. The molecule has 0 fully saturated rings. The Morgan fingerprint density at radius 1 is 0.600 bits per heavy atom. The van der Waals surface area contributed by atoms with Gasteiger partial charge < -0.3 is 14.7 Å². The van der Waals surface area contributed by atoms with Crippen molar-refractivity contribution in [1.29, 1.82) is 0 Å². The molecule has 0 spiro atoms. The van der Waals surface area contributed by atoms with E-state index in [4.69, 9.17) is 0 Å². The highest BCUT2D eigenvalue weighted by Gasteiger charge is 2.14. The molecule has 0 radical (unpaired) electrons. The molecule has 0 rings (SSSR count). The Morgan fingerprint density at radius 3 is 1.00 bits per heavy atom. The van der Waals surface area contributed by atoms with Crippen LogP contribution < -0.4 is 0 Å². The minimum Gasteiger partial charge on any atom is -0.319 e. The average Bonchev–Trinajstić information content (AvgIpc) is 2.54. The van der Waals surface area contributed by atoms with Crippen molar-refractivity contribution >= 4 is 17.7 Å². The van der Waals surface area contributed by atoms with Gasteiger partial charge in [0.05, 0.1) is 0 Å². The predicted octanol–water partition coefficient (Wildman–Crippen LogP) is 1.26. The van der Waals surface area contributed by atoms with Crippen LogP contribution in [0.1, 0.15) is 20.8 Å². The molecular weight excluding hydrogens is 320 g/mol. The lowest BCUT2D eigenvalue weighted by Gasteiger charge is -2.29. The zero-order valence-electron chi connectivity index (χ0n) is 15.6. The Labute approximate surface area is 150 Å². The number of carbonyl (C=O) groups excluding carboxylic acids is 3. The first-order valence-corrected chi connectivity index (χ1v) is 8.18. The van der Waals surface area contributed by atoms with Crippen LogP contribution in [0.25, 0.3) is 0 Å². The molecule has 0 saturated carbocycles. The third kappa shape index (κ3) is 8.85. The summed E-state index contributed by atoms with van der Waals surface area (Å²) in [6.45, 7) is 18.6. The summed E-state index contributed by atoms with van der Waals surface area (Å²) in [6, 6.07) is 0. The summed E-state index contributed by atoms with van der Waals surface area (Å²) in [5.41, 5.74) is 0. The number of amides is 3. The molecule has 0 saturated heterocycles. The predicted molar refractivity (Wildman–Crippen MR) is 99.2 cm³/mol. The minimum atomic E-state index is -0.0807. The van der Waals surface area contributed by atoms with Gasteiger partial charge in [-0.05, 0) is 18.6 Å². The Kier molecular flexibility index (Phi) is 10.9. The van der Waals surface area contributed by atoms with Crippen molar-refractivity contribution in [3.63, 3.8) is 0 Å². The molecule has 0 unspecified atom stereocenters. The zero-order valence-corrected chi connectivity index (χ0v) is 15.6. The molecule has 0 aliphatic heterocycles. The maximum absolute atomic E-state index is 11.5. The highest BCUT2D eigenvalue weighted by molar-refractivity contribution is 5.75. The second-order valence-corrected chi connectivity index (χ2v) is 5.53. The molecule has 0 aliphatic carbocycles. The van der Waals surface area contributed by atoms with Crippen LogP contribution in [0.5, 0.6) is 0 Å². The van der Waals surface area contributed by atoms with Gasteiger partial charge in [0, 0.05) is 60.0 Å². The lowest BCUT2D eigenvalue weighted by Crippen LogP contribution is -2.42. The van der Waals surface area contributed by atoms with E-state index in [-0.39, 0.29) is 17.7 Å². The van der Waals surface area contributed by atoms with Crippen LogP contribution in [-0.4, -0.2) is 76.6 Å². The molecule has 0 bridgehead atoms. The normalized spacial score (nSPS) is 10.1. The first kappa shape index (κ1) is 22.6. The molecule has 0 aliphatic rings. The minimum absolute atomic E-state index is 0.0807. The maximum Gasteiger partial charge on any atom is 0.223 e. The summed E-state index contributed by atoms with van der Waals surface area (Å²) in [4.78, 5) is 41.1. The summed E-state index contributed by atoms with van der Waals surface area (Å²) < 4.78 is 0. The molecule has 0 atom stereocenters. The molecule has 7 heteroatoms. The van der Waals surface area contributed by atoms with Crippen molar-refractivity contribution in [2.75, 3.05) is 39.3 Å². The SMILES string of the molecule is C=CN(CCN(CCN(C=C)C(C)=O)CCN(C=C)C(C)=O)C(C)=O. The summed E-state index contributed by atoms with van der Waals surface area (Å²) >= 11 is 0. The van der Waals surface area contributed by atoms with Crippen LogP contribution in [-0.2, 0) is 14.4 Å². The van der Waals surface area contributed by atoms with Crippen LogP contribution in [0.2, 0.25) is 0 Å². The fourth-order valence-corrected chi connectivity index (χ4v) is 2.21. The van der Waals surface area contributed by atoms with E-state index < -0.39 is 0 Å². The lowest BCUT2D eigenvalue weighted by molar-refractivity contribution is -0.126. The topological polar surface area (TPSA) is 64.2 Å². The first-order valence-electron chi connectivity index (χ1n) is 8.18. The Hall–Kier alpha value is -2.41. The second-order valence-electron chi connectivity index (χ2n) is 5.53. The van der Waals surface area contributed by atoms with Gasteiger partial charge in [0.1, 0.15) is 0 Å². The molecule has 25 heavy (non-hydrogen) atoms. The summed E-state index contributed by atoms with van der Waals surface area (Å²) in [6.07, 6.45) is 4.49. The van der Waals surface area contributed by atoms with E-state index in [2.05, 4.69) is 24.6 Å². The van der Waals surface area contributed by atoms with Crippen LogP contribution in [0.4, 0.5) is 0 Å². The molecule has 0 aromatic heterocycles. The number of hydrogen-bond acceptors (Lipinski definition) is 4. The molecule has 0 aromatic carbocycles. The van der Waals surface area contributed by atoms with Crippen molar-refractivity contribution in [1.82, 2.24) is 19.6 Å². The van der Waals surface area contributed by atoms with Crippen molar-refractivity contribution in [3.8, 4) is 0 Å². The Morgan fingerprint density at radius 2 is 0.840 bits per heavy atom. The van der Waals surface area contributed by atoms with E-state index in [1.165, 1.54) is 54.1 Å². The van der Waals surface area contributed by atoms with Gasteiger partial charge in [-0.3, -0.25) is 19.3 Å². The summed E-state index contributed by atoms with van der Waals surface area (Å²) in [7, 11) is 0. The highest BCUT2D eigenvalue weighted by Crippen LogP contribution is 1.99. The average molecular weight is 350 g/mol. The van der Waals surface area contributed by atoms with Crippen molar-refractivity contribution in [2.45, 2.75) is 20.8 Å². The standard InChI is InChI=1S/C18H30N4O3/c1-7-20(16(4)23)13-10-19(11-14-21(8-2)17(5)24)12-15-22(9-3)18(6)25/h7-9H,1-3,10-15H2,4-6H3. The molecular formula is C18H30N4O3. The summed E-state index contributed by atoms with van der Waals surface area (Å²) in [5.74, 6) is -0.242. The molecule has 0 N–H and O–H groups in total. The molecule has 0 heterocycles. The number of carbonyl (C=O) groups is 3. The van der Waals surface area contributed by atoms with E-state index in [0.717, 1.165) is 0 Å². The fourth-order valence-electron chi connectivity index (χ4n) is 2.21. The maximum atomic E-state index is 11.5. The van der Waals surface area contributed by atoms with Gasteiger partial charge in [0.2, 0.25) is 17.7 Å². The van der Waals surface area contributed by atoms with Gasteiger partial charge >= 0.3 is 0 Å². The zero-order chi connectivity index (χ0) is 19.4. The van der Waals surface area contributed by atoms with Crippen molar-refractivity contribution in [2.24, 2.45) is 0 Å². The second kappa shape index (κ2) is 12.0. The third-order valence-corrected chi connectivity index (χ3v) is 3.85. The van der Waals surface area contributed by atoms with Gasteiger partial charge in [-0.25, -0.2) is 0 Å². The van der Waals surface area contributed by atoms with Crippen molar-refractivity contribution in [3.05, 3.63) is 38.3 Å². The monoisotopic (exact) mass is 350 g/mol. The molecule has 7 nitrogen and oxygen atoms in total. The van der Waals surface area contributed by atoms with Crippen LogP contribution >= 0.6 is 0 Å². The molecule has 0 aromatic rings. The van der Waals surface area contributed by atoms with Gasteiger partial charge in [-0.2, -0.15) is 0 Å². The Balaban J connectivity index is 4.84. The van der Waals surface area contributed by atoms with Crippen LogP contribution in [0.3, 0.4) is 0 Å². The van der Waals surface area contributed by atoms with Gasteiger partial charge in [-0.15, -0.1) is 0 Å². The highest BCUT2D eigenvalue weighted by atomic mass is 16.2. The van der Waals surface area contributed by atoms with Gasteiger partial charge in [0.25, 0.3) is 0 Å². The smallest absolute Gasteiger partial charge is 0.223 e. The lowest BCUT2D eigenvalue weighted by atomic mass is 10.3. The van der Waals surface area contributed by atoms with E-state index >= 15 is 0 Å². The third-order valence-electron chi connectivity index (χ3n) is 3.85. The Bertz CT molecular complexity index is 433.